The molecule has 0 unspecified atom stereocenters. The third-order valence-corrected chi connectivity index (χ3v) is 2.14. The molecule has 0 aliphatic carbocycles. The van der Waals surface area contributed by atoms with Crippen molar-refractivity contribution < 1.29 is 19.1 Å². The van der Waals surface area contributed by atoms with Crippen LogP contribution >= 0.6 is 11.6 Å². The van der Waals surface area contributed by atoms with E-state index in [-0.39, 0.29) is 16.3 Å². The van der Waals surface area contributed by atoms with Crippen molar-refractivity contribution in [1.82, 2.24) is 5.32 Å². The topological polar surface area (TPSA) is 66.4 Å². The molecule has 1 aromatic rings. The fourth-order valence-electron chi connectivity index (χ4n) is 1.12. The minimum absolute atomic E-state index is 0.179. The van der Waals surface area contributed by atoms with Gasteiger partial charge in [0.25, 0.3) is 0 Å². The molecule has 0 atom stereocenters. The van der Waals surface area contributed by atoms with Crippen molar-refractivity contribution in [2.24, 2.45) is 0 Å². The quantitative estimate of drug-likeness (QED) is 0.815. The molecule has 1 rings (SSSR count). The Bertz CT molecular complexity index is 499. The molecule has 2 N–H and O–H groups in total. The minimum Gasteiger partial charge on any atom is -0.477 e. The van der Waals surface area contributed by atoms with E-state index >= 15 is 0 Å². The molecule has 90 valence electrons. The Morgan fingerprint density at radius 2 is 2.12 bits per heavy atom. The fraction of sp³-hybridized carbons (Fsp3) is 0.0909. The van der Waals surface area contributed by atoms with E-state index in [9.17, 15) is 14.0 Å². The lowest BCUT2D eigenvalue weighted by molar-refractivity contribution is -0.134. The Hall–Kier alpha value is -1.88. The van der Waals surface area contributed by atoms with E-state index in [0.717, 1.165) is 18.2 Å². The van der Waals surface area contributed by atoms with E-state index in [1.165, 1.54) is 13.0 Å². The van der Waals surface area contributed by atoms with E-state index in [1.54, 1.807) is 0 Å². The van der Waals surface area contributed by atoms with E-state index in [0.29, 0.717) is 0 Å². The Kier molecular flexibility index (Phi) is 4.23. The van der Waals surface area contributed by atoms with E-state index in [4.69, 9.17) is 16.7 Å². The highest BCUT2D eigenvalue weighted by molar-refractivity contribution is 6.32. The van der Waals surface area contributed by atoms with Crippen molar-refractivity contribution in [3.05, 3.63) is 40.3 Å². The van der Waals surface area contributed by atoms with E-state index < -0.39 is 17.7 Å². The summed E-state index contributed by atoms with van der Waals surface area (Å²) in [6, 6.07) is 3.53. The third kappa shape index (κ3) is 3.88. The fourth-order valence-corrected chi connectivity index (χ4v) is 1.29. The molecule has 0 bridgehead atoms. The molecule has 0 fully saturated rings. The van der Waals surface area contributed by atoms with Crippen LogP contribution in [0.15, 0.2) is 23.9 Å². The molecule has 0 heterocycles. The van der Waals surface area contributed by atoms with Gasteiger partial charge < -0.3 is 10.4 Å². The third-order valence-electron chi connectivity index (χ3n) is 1.80. The molecule has 0 aromatic heterocycles. The number of hydrogen-bond acceptors (Lipinski definition) is 2. The van der Waals surface area contributed by atoms with Crippen molar-refractivity contribution >= 4 is 29.6 Å². The maximum absolute atomic E-state index is 12.9. The molecule has 1 amide bonds. The molecule has 0 saturated heterocycles. The van der Waals surface area contributed by atoms with Crippen molar-refractivity contribution in [3.63, 3.8) is 0 Å². The van der Waals surface area contributed by atoms with E-state index in [2.05, 4.69) is 5.32 Å². The van der Waals surface area contributed by atoms with Crippen LogP contribution in [-0.2, 0) is 9.59 Å². The molecule has 0 radical (unpaired) electrons. The van der Waals surface area contributed by atoms with Crippen LogP contribution in [0, 0.1) is 5.82 Å². The van der Waals surface area contributed by atoms with Gasteiger partial charge in [-0.05, 0) is 29.8 Å². The summed E-state index contributed by atoms with van der Waals surface area (Å²) >= 11 is 5.76. The van der Waals surface area contributed by atoms with Crippen LogP contribution in [0.4, 0.5) is 4.39 Å². The standard InChI is InChI=1S/C11H9ClFNO3/c1-6(15)14-10(11(16)17)5-7-4-8(13)2-3-9(7)12/h2-5H,1H3,(H,14,15)(H,16,17)/b10-5+. The zero-order chi connectivity index (χ0) is 13.0. The number of carboxylic acids is 1. The highest BCUT2D eigenvalue weighted by Gasteiger charge is 2.10. The number of amides is 1. The lowest BCUT2D eigenvalue weighted by atomic mass is 10.2. The van der Waals surface area contributed by atoms with Gasteiger partial charge in [0.15, 0.2) is 0 Å². The summed E-state index contributed by atoms with van der Waals surface area (Å²) in [4.78, 5) is 21.6. The number of carboxylic acid groups (broad SMARTS) is 1. The van der Waals surface area contributed by atoms with Crippen molar-refractivity contribution in [2.45, 2.75) is 6.92 Å². The molecule has 0 aliphatic rings. The molecular formula is C11H9ClFNO3. The first-order valence-electron chi connectivity index (χ1n) is 4.58. The van der Waals surface area contributed by atoms with Crippen LogP contribution in [0.1, 0.15) is 12.5 Å². The summed E-state index contributed by atoms with van der Waals surface area (Å²) in [5.41, 5.74) is -0.192. The van der Waals surface area contributed by atoms with Gasteiger partial charge in [0.05, 0.1) is 0 Å². The first-order valence-corrected chi connectivity index (χ1v) is 4.95. The van der Waals surface area contributed by atoms with Crippen LogP contribution in [0.2, 0.25) is 5.02 Å². The maximum Gasteiger partial charge on any atom is 0.352 e. The molecule has 4 nitrogen and oxygen atoms in total. The Balaban J connectivity index is 3.16. The lowest BCUT2D eigenvalue weighted by Gasteiger charge is -2.04. The SMILES string of the molecule is CC(=O)N/C(=C/c1cc(F)ccc1Cl)C(=O)O. The predicted octanol–water partition coefficient (Wildman–Crippen LogP) is 2.04. The van der Waals surface area contributed by atoms with Crippen molar-refractivity contribution in [2.75, 3.05) is 0 Å². The second-order valence-corrected chi connectivity index (χ2v) is 3.62. The van der Waals surface area contributed by atoms with Crippen LogP contribution in [-0.4, -0.2) is 17.0 Å². The highest BCUT2D eigenvalue weighted by Crippen LogP contribution is 2.19. The Morgan fingerprint density at radius 1 is 1.47 bits per heavy atom. The zero-order valence-corrected chi connectivity index (χ0v) is 9.58. The molecule has 6 heteroatoms. The van der Waals surface area contributed by atoms with Crippen molar-refractivity contribution in [1.29, 1.82) is 0 Å². The van der Waals surface area contributed by atoms with Gasteiger partial charge in [-0.25, -0.2) is 9.18 Å². The summed E-state index contributed by atoms with van der Waals surface area (Å²) in [5, 5.41) is 11.1. The number of halogens is 2. The molecule has 0 saturated carbocycles. The van der Waals surface area contributed by atoms with Gasteiger partial charge >= 0.3 is 5.97 Å². The smallest absolute Gasteiger partial charge is 0.352 e. The van der Waals surface area contributed by atoms with Crippen molar-refractivity contribution in [3.8, 4) is 0 Å². The largest absolute Gasteiger partial charge is 0.477 e. The summed E-state index contributed by atoms with van der Waals surface area (Å²) in [6.45, 7) is 1.17. The number of carbonyl (C=O) groups excluding carboxylic acids is 1. The second kappa shape index (κ2) is 5.45. The number of nitrogens with one attached hydrogen (secondary N) is 1. The average Bonchev–Trinajstić information content (AvgIpc) is 2.21. The monoisotopic (exact) mass is 257 g/mol. The summed E-state index contributed by atoms with van der Waals surface area (Å²) in [7, 11) is 0. The van der Waals surface area contributed by atoms with Crippen LogP contribution in [0.5, 0.6) is 0 Å². The average molecular weight is 258 g/mol. The van der Waals surface area contributed by atoms with Gasteiger partial charge in [-0.15, -0.1) is 0 Å². The van der Waals surface area contributed by atoms with Gasteiger partial charge in [-0.3, -0.25) is 4.79 Å². The Labute approximate surface area is 102 Å². The molecule has 1 aromatic carbocycles. The number of rotatable bonds is 3. The molecular weight excluding hydrogens is 249 g/mol. The first-order chi connectivity index (χ1) is 7.90. The number of hydrogen-bond donors (Lipinski definition) is 2. The van der Waals surface area contributed by atoms with Gasteiger partial charge in [0.2, 0.25) is 5.91 Å². The minimum atomic E-state index is -1.33. The van der Waals surface area contributed by atoms with Gasteiger partial charge in [-0.2, -0.15) is 0 Å². The maximum atomic E-state index is 12.9. The number of benzene rings is 1. The highest BCUT2D eigenvalue weighted by atomic mass is 35.5. The van der Waals surface area contributed by atoms with E-state index in [1.807, 2.05) is 0 Å². The summed E-state index contributed by atoms with van der Waals surface area (Å²) in [6.07, 6.45) is 1.09. The summed E-state index contributed by atoms with van der Waals surface area (Å²) < 4.78 is 12.9. The first kappa shape index (κ1) is 13.2. The lowest BCUT2D eigenvalue weighted by Crippen LogP contribution is -2.24. The van der Waals surface area contributed by atoms with Gasteiger partial charge in [0.1, 0.15) is 11.5 Å². The zero-order valence-electron chi connectivity index (χ0n) is 8.83. The number of carbonyl (C=O) groups is 2. The van der Waals surface area contributed by atoms with Gasteiger partial charge in [0, 0.05) is 11.9 Å². The Morgan fingerprint density at radius 3 is 2.65 bits per heavy atom. The molecule has 0 aliphatic heterocycles. The van der Waals surface area contributed by atoms with Crippen LogP contribution in [0.25, 0.3) is 6.08 Å². The van der Waals surface area contributed by atoms with Crippen LogP contribution in [0.3, 0.4) is 0 Å². The molecule has 17 heavy (non-hydrogen) atoms. The predicted molar refractivity (Wildman–Crippen MR) is 60.8 cm³/mol. The second-order valence-electron chi connectivity index (χ2n) is 3.21. The van der Waals surface area contributed by atoms with Crippen LogP contribution < -0.4 is 5.32 Å². The molecule has 0 spiro atoms. The summed E-state index contributed by atoms with van der Waals surface area (Å²) in [5.74, 6) is -2.42. The number of aliphatic carboxylic acids is 1. The normalized spacial score (nSPS) is 11.1. The van der Waals surface area contributed by atoms with Gasteiger partial charge in [-0.1, -0.05) is 11.6 Å².